The first-order valence-electron chi connectivity index (χ1n) is 4.06. The van der Waals surface area contributed by atoms with Crippen LogP contribution in [0.5, 0.6) is 0 Å². The maximum atomic E-state index is 10.5. The van der Waals surface area contributed by atoms with Crippen molar-refractivity contribution in [3.05, 3.63) is 0 Å². The highest BCUT2D eigenvalue weighted by Crippen LogP contribution is 2.15. The molecule has 1 saturated heterocycles. The summed E-state index contributed by atoms with van der Waals surface area (Å²) in [5, 5.41) is 14.8. The van der Waals surface area contributed by atoms with Crippen LogP contribution < -0.4 is 16.4 Å². The normalized spacial score (nSPS) is 20.1. The highest BCUT2D eigenvalue weighted by Gasteiger charge is 2.38. The molecule has 12 heavy (non-hydrogen) atoms. The van der Waals surface area contributed by atoms with Gasteiger partial charge in [0, 0.05) is 26.2 Å². The number of hydrogen-bond donors (Lipinski definition) is 4. The first kappa shape index (κ1) is 9.44. The van der Waals surface area contributed by atoms with Gasteiger partial charge in [0.25, 0.3) is 0 Å². The van der Waals surface area contributed by atoms with Gasteiger partial charge in [-0.05, 0) is 0 Å². The Hall–Kier alpha value is -0.650. The monoisotopic (exact) mass is 173 g/mol. The molecule has 1 aliphatic heterocycles. The van der Waals surface area contributed by atoms with E-state index >= 15 is 0 Å². The Kier molecular flexibility index (Phi) is 3.02. The van der Waals surface area contributed by atoms with E-state index in [4.69, 9.17) is 10.8 Å². The zero-order valence-corrected chi connectivity index (χ0v) is 6.97. The van der Waals surface area contributed by atoms with Crippen molar-refractivity contribution in [3.8, 4) is 0 Å². The molecule has 0 unspecified atom stereocenters. The third kappa shape index (κ3) is 2.17. The number of carbonyl (C=O) groups is 1. The van der Waals surface area contributed by atoms with Crippen LogP contribution in [-0.4, -0.2) is 42.8 Å². The lowest BCUT2D eigenvalue weighted by atomic mass is 9.88. The molecule has 0 saturated carbocycles. The number of hydrogen-bond acceptors (Lipinski definition) is 4. The first-order valence-corrected chi connectivity index (χ1v) is 4.06. The number of nitrogens with two attached hydrogens (primary N) is 1. The van der Waals surface area contributed by atoms with E-state index < -0.39 is 5.97 Å². The molecule has 0 radical (unpaired) electrons. The lowest BCUT2D eigenvalue weighted by Crippen LogP contribution is -2.69. The third-order valence-electron chi connectivity index (χ3n) is 2.06. The van der Waals surface area contributed by atoms with Crippen molar-refractivity contribution in [2.45, 2.75) is 12.0 Å². The van der Waals surface area contributed by atoms with Gasteiger partial charge in [-0.2, -0.15) is 0 Å². The highest BCUT2D eigenvalue weighted by molar-refractivity contribution is 5.68. The van der Waals surface area contributed by atoms with E-state index in [-0.39, 0.29) is 12.0 Å². The van der Waals surface area contributed by atoms with Crippen LogP contribution in [0.4, 0.5) is 0 Å². The molecular weight excluding hydrogens is 158 g/mol. The molecule has 5 N–H and O–H groups in total. The van der Waals surface area contributed by atoms with Crippen LogP contribution in [0, 0.1) is 0 Å². The van der Waals surface area contributed by atoms with Crippen LogP contribution in [0.3, 0.4) is 0 Å². The molecule has 0 bridgehead atoms. The quantitative estimate of drug-likeness (QED) is 0.400. The molecule has 5 heteroatoms. The molecule has 1 aliphatic rings. The van der Waals surface area contributed by atoms with Gasteiger partial charge in [-0.15, -0.1) is 0 Å². The summed E-state index contributed by atoms with van der Waals surface area (Å²) in [6.45, 7) is 2.66. The van der Waals surface area contributed by atoms with Crippen LogP contribution in [-0.2, 0) is 4.79 Å². The number of aliphatic carboxylic acids is 1. The molecule has 1 fully saturated rings. The zero-order chi connectivity index (χ0) is 9.03. The molecule has 1 heterocycles. The average Bonchev–Trinajstić information content (AvgIpc) is 1.94. The molecule has 0 aromatic carbocycles. The molecule has 1 rings (SSSR count). The van der Waals surface area contributed by atoms with E-state index in [1.54, 1.807) is 0 Å². The minimum Gasteiger partial charge on any atom is -0.481 e. The molecule has 0 aromatic rings. The van der Waals surface area contributed by atoms with E-state index in [0.717, 1.165) is 13.1 Å². The van der Waals surface area contributed by atoms with Gasteiger partial charge in [-0.3, -0.25) is 4.79 Å². The number of carboxylic acid groups (broad SMARTS) is 1. The van der Waals surface area contributed by atoms with Crippen LogP contribution >= 0.6 is 0 Å². The fourth-order valence-electron chi connectivity index (χ4n) is 1.37. The van der Waals surface area contributed by atoms with Gasteiger partial charge in [-0.25, -0.2) is 0 Å². The molecular formula is C7H15N3O2. The molecule has 0 aliphatic carbocycles. The van der Waals surface area contributed by atoms with E-state index in [1.165, 1.54) is 0 Å². The molecule has 0 spiro atoms. The van der Waals surface area contributed by atoms with Gasteiger partial charge in [-0.1, -0.05) is 0 Å². The van der Waals surface area contributed by atoms with Gasteiger partial charge in [0.1, 0.15) is 0 Å². The number of nitrogens with one attached hydrogen (secondary N) is 2. The summed E-state index contributed by atoms with van der Waals surface area (Å²) in [4.78, 5) is 10.5. The van der Waals surface area contributed by atoms with E-state index in [1.807, 2.05) is 0 Å². The van der Waals surface area contributed by atoms with Crippen LogP contribution in [0.1, 0.15) is 6.42 Å². The summed E-state index contributed by atoms with van der Waals surface area (Å²) < 4.78 is 0. The third-order valence-corrected chi connectivity index (χ3v) is 2.06. The van der Waals surface area contributed by atoms with Crippen LogP contribution in [0.25, 0.3) is 0 Å². The smallest absolute Gasteiger partial charge is 0.305 e. The second kappa shape index (κ2) is 3.84. The van der Waals surface area contributed by atoms with Gasteiger partial charge in [0.2, 0.25) is 0 Å². The Bertz CT molecular complexity index is 168. The fraction of sp³-hybridized carbons (Fsp3) is 0.857. The first-order chi connectivity index (χ1) is 5.68. The summed E-state index contributed by atoms with van der Waals surface area (Å²) in [5.41, 5.74) is 5.07. The molecule has 0 atom stereocenters. The van der Waals surface area contributed by atoms with Gasteiger partial charge < -0.3 is 21.5 Å². The molecule has 70 valence electrons. The van der Waals surface area contributed by atoms with Gasteiger partial charge in [0.15, 0.2) is 0 Å². The maximum absolute atomic E-state index is 10.5. The largest absolute Gasteiger partial charge is 0.481 e. The molecule has 5 nitrogen and oxygen atoms in total. The summed E-state index contributed by atoms with van der Waals surface area (Å²) in [7, 11) is 0. The number of carboxylic acids is 1. The Balaban J connectivity index is 2.34. The van der Waals surface area contributed by atoms with Crippen molar-refractivity contribution < 1.29 is 9.90 Å². The summed E-state index contributed by atoms with van der Waals surface area (Å²) in [5.74, 6) is -0.763. The number of rotatable bonds is 5. The van der Waals surface area contributed by atoms with Crippen molar-refractivity contribution in [2.24, 2.45) is 5.73 Å². The van der Waals surface area contributed by atoms with Crippen molar-refractivity contribution in [1.82, 2.24) is 10.6 Å². The second-order valence-electron chi connectivity index (χ2n) is 3.17. The second-order valence-corrected chi connectivity index (χ2v) is 3.17. The van der Waals surface area contributed by atoms with Crippen molar-refractivity contribution in [2.75, 3.05) is 26.2 Å². The van der Waals surface area contributed by atoms with Gasteiger partial charge in [0.05, 0.1) is 12.0 Å². The maximum Gasteiger partial charge on any atom is 0.305 e. The Morgan fingerprint density at radius 2 is 2.33 bits per heavy atom. The SMILES string of the molecule is NCCNC1(CC(=O)O)CNC1. The van der Waals surface area contributed by atoms with Crippen LogP contribution in [0.2, 0.25) is 0 Å². The lowest BCUT2D eigenvalue weighted by molar-refractivity contribution is -0.139. The molecule has 0 amide bonds. The standard InChI is InChI=1S/C7H15N3O2/c8-1-2-10-7(3-6(11)12)4-9-5-7/h9-10H,1-5,8H2,(H,11,12). The predicted octanol–water partition coefficient (Wildman–Crippen LogP) is -1.65. The minimum absolute atomic E-state index is 0.167. The fourth-order valence-corrected chi connectivity index (χ4v) is 1.37. The summed E-state index contributed by atoms with van der Waals surface area (Å²) >= 11 is 0. The van der Waals surface area contributed by atoms with Crippen molar-refractivity contribution >= 4 is 5.97 Å². The topological polar surface area (TPSA) is 87.4 Å². The average molecular weight is 173 g/mol. The summed E-state index contributed by atoms with van der Waals surface area (Å²) in [6.07, 6.45) is 0.167. The van der Waals surface area contributed by atoms with Crippen molar-refractivity contribution in [3.63, 3.8) is 0 Å². The van der Waals surface area contributed by atoms with Crippen molar-refractivity contribution in [1.29, 1.82) is 0 Å². The van der Waals surface area contributed by atoms with E-state index in [0.29, 0.717) is 13.1 Å². The van der Waals surface area contributed by atoms with Crippen LogP contribution in [0.15, 0.2) is 0 Å². The summed E-state index contributed by atoms with van der Waals surface area (Å²) in [6, 6.07) is 0. The Morgan fingerprint density at radius 3 is 2.67 bits per heavy atom. The minimum atomic E-state index is -0.763. The highest BCUT2D eigenvalue weighted by atomic mass is 16.4. The van der Waals surface area contributed by atoms with Gasteiger partial charge >= 0.3 is 5.97 Å². The molecule has 0 aromatic heterocycles. The Morgan fingerprint density at radius 1 is 1.67 bits per heavy atom. The Labute approximate surface area is 71.3 Å². The van der Waals surface area contributed by atoms with E-state index in [2.05, 4.69) is 10.6 Å². The predicted molar refractivity (Wildman–Crippen MR) is 44.9 cm³/mol. The lowest BCUT2D eigenvalue weighted by Gasteiger charge is -2.42. The van der Waals surface area contributed by atoms with E-state index in [9.17, 15) is 4.79 Å². The zero-order valence-electron chi connectivity index (χ0n) is 6.97.